The summed E-state index contributed by atoms with van der Waals surface area (Å²) < 4.78 is 0. The van der Waals surface area contributed by atoms with Crippen molar-refractivity contribution in [2.24, 2.45) is 0 Å². The van der Waals surface area contributed by atoms with E-state index in [1.807, 2.05) is 12.1 Å². The largest absolute Gasteiger partial charge is 0.314 e. The third-order valence-corrected chi connectivity index (χ3v) is 3.00. The molecular weight excluding hydrogens is 198 g/mol. The predicted octanol–water partition coefficient (Wildman–Crippen LogP) is 2.69. The predicted molar refractivity (Wildman–Crippen MR) is 56.9 cm³/mol. The second-order valence-electron chi connectivity index (χ2n) is 3.91. The molecule has 2 rings (SSSR count). The summed E-state index contributed by atoms with van der Waals surface area (Å²) >= 11 is 5.96. The fraction of sp³-hybridized carbons (Fsp3) is 0.455. The fourth-order valence-corrected chi connectivity index (χ4v) is 2.19. The molecule has 1 aliphatic rings. The van der Waals surface area contributed by atoms with Gasteiger partial charge in [-0.25, -0.2) is 0 Å². The number of hydrogen-bond donors (Lipinski definition) is 1. The average molecular weight is 212 g/mol. The molecule has 1 heterocycles. The van der Waals surface area contributed by atoms with Crippen molar-refractivity contribution in [1.82, 2.24) is 5.06 Å². The van der Waals surface area contributed by atoms with Crippen LogP contribution in [-0.2, 0) is 6.42 Å². The van der Waals surface area contributed by atoms with Crippen molar-refractivity contribution in [2.45, 2.75) is 19.3 Å². The van der Waals surface area contributed by atoms with E-state index in [0.717, 1.165) is 11.4 Å². The van der Waals surface area contributed by atoms with Crippen molar-refractivity contribution in [1.29, 1.82) is 0 Å². The topological polar surface area (TPSA) is 23.5 Å². The molecule has 76 valence electrons. The molecule has 1 aliphatic heterocycles. The molecule has 0 bridgehead atoms. The molecule has 0 amide bonds. The first-order chi connectivity index (χ1) is 6.66. The summed E-state index contributed by atoms with van der Waals surface area (Å²) in [6.07, 6.45) is 0.896. The molecule has 1 N–H and O–H groups in total. The van der Waals surface area contributed by atoms with Crippen molar-refractivity contribution in [2.75, 3.05) is 13.1 Å². The first kappa shape index (κ1) is 9.97. The number of hydrogen-bond acceptors (Lipinski definition) is 2. The highest BCUT2D eigenvalue weighted by Gasteiger charge is 2.18. The van der Waals surface area contributed by atoms with Gasteiger partial charge >= 0.3 is 0 Å². The normalized spacial score (nSPS) is 22.9. The maximum atomic E-state index is 9.50. The van der Waals surface area contributed by atoms with E-state index >= 15 is 0 Å². The second-order valence-corrected chi connectivity index (χ2v) is 4.34. The van der Waals surface area contributed by atoms with Gasteiger partial charge in [-0.1, -0.05) is 24.6 Å². The molecule has 0 aliphatic carbocycles. The lowest BCUT2D eigenvalue weighted by Gasteiger charge is -2.15. The van der Waals surface area contributed by atoms with E-state index in [0.29, 0.717) is 19.0 Å². The van der Waals surface area contributed by atoms with Crippen molar-refractivity contribution >= 4 is 11.6 Å². The van der Waals surface area contributed by atoms with Gasteiger partial charge in [-0.2, -0.15) is 5.06 Å². The molecule has 0 aromatic heterocycles. The third kappa shape index (κ3) is 1.92. The minimum Gasteiger partial charge on any atom is -0.314 e. The van der Waals surface area contributed by atoms with E-state index in [4.69, 9.17) is 11.6 Å². The van der Waals surface area contributed by atoms with E-state index in [1.165, 1.54) is 16.2 Å². The first-order valence-corrected chi connectivity index (χ1v) is 5.27. The van der Waals surface area contributed by atoms with Crippen LogP contribution in [0.1, 0.15) is 24.0 Å². The van der Waals surface area contributed by atoms with Gasteiger partial charge in [0.25, 0.3) is 0 Å². The highest BCUT2D eigenvalue weighted by atomic mass is 35.5. The van der Waals surface area contributed by atoms with E-state index in [1.54, 1.807) is 0 Å². The number of rotatable bonds is 0. The lowest BCUT2D eigenvalue weighted by molar-refractivity contribution is -0.0907. The summed E-state index contributed by atoms with van der Waals surface area (Å²) in [6, 6.07) is 5.99. The zero-order chi connectivity index (χ0) is 10.1. The van der Waals surface area contributed by atoms with Crippen LogP contribution in [0.25, 0.3) is 0 Å². The molecular formula is C11H14ClNO. The van der Waals surface area contributed by atoms with Crippen molar-refractivity contribution in [3.63, 3.8) is 0 Å². The fourth-order valence-electron chi connectivity index (χ4n) is 2.01. The Bertz CT molecular complexity index is 340. The van der Waals surface area contributed by atoms with Crippen LogP contribution in [0.2, 0.25) is 5.02 Å². The Morgan fingerprint density at radius 3 is 3.07 bits per heavy atom. The van der Waals surface area contributed by atoms with Crippen molar-refractivity contribution in [3.8, 4) is 0 Å². The Kier molecular flexibility index (Phi) is 2.77. The molecule has 0 radical (unpaired) electrons. The standard InChI is InChI=1S/C11H14ClNO/c1-8-7-13(14)5-4-9-2-3-10(12)6-11(8)9/h2-3,6,8,14H,4-5,7H2,1H3/t8-/m0/s1. The van der Waals surface area contributed by atoms with Gasteiger partial charge < -0.3 is 5.21 Å². The van der Waals surface area contributed by atoms with E-state index in [-0.39, 0.29) is 0 Å². The van der Waals surface area contributed by atoms with E-state index in [2.05, 4.69) is 13.0 Å². The van der Waals surface area contributed by atoms with Crippen molar-refractivity contribution < 1.29 is 5.21 Å². The molecule has 3 heteroatoms. The SMILES string of the molecule is C[C@H]1CN(O)CCc2ccc(Cl)cc21. The summed E-state index contributed by atoms with van der Waals surface area (Å²) in [7, 11) is 0. The number of halogens is 1. The Morgan fingerprint density at radius 2 is 2.29 bits per heavy atom. The van der Waals surface area contributed by atoms with Gasteiger partial charge in [0, 0.05) is 18.1 Å². The van der Waals surface area contributed by atoms with Crippen LogP contribution >= 0.6 is 11.6 Å². The molecule has 0 saturated carbocycles. The first-order valence-electron chi connectivity index (χ1n) is 4.89. The smallest absolute Gasteiger partial charge is 0.0409 e. The maximum Gasteiger partial charge on any atom is 0.0409 e. The average Bonchev–Trinajstić information content (AvgIpc) is 2.27. The number of fused-ring (bicyclic) bond motifs is 1. The molecule has 0 saturated heterocycles. The Balaban J connectivity index is 2.39. The van der Waals surface area contributed by atoms with E-state index < -0.39 is 0 Å². The monoisotopic (exact) mass is 211 g/mol. The van der Waals surface area contributed by atoms with Crippen LogP contribution in [0.4, 0.5) is 0 Å². The van der Waals surface area contributed by atoms with Gasteiger partial charge in [-0.15, -0.1) is 0 Å². The Hall–Kier alpha value is -0.570. The van der Waals surface area contributed by atoms with Crippen molar-refractivity contribution in [3.05, 3.63) is 34.3 Å². The van der Waals surface area contributed by atoms with Gasteiger partial charge in [0.05, 0.1) is 0 Å². The molecule has 0 unspecified atom stereocenters. The zero-order valence-electron chi connectivity index (χ0n) is 8.20. The van der Waals surface area contributed by atoms with Crippen LogP contribution in [0.15, 0.2) is 18.2 Å². The van der Waals surface area contributed by atoms with Gasteiger partial charge in [-0.3, -0.25) is 0 Å². The summed E-state index contributed by atoms with van der Waals surface area (Å²) in [5.74, 6) is 0.344. The van der Waals surface area contributed by atoms with Crippen LogP contribution in [0, 0.1) is 0 Å². The van der Waals surface area contributed by atoms with Crippen LogP contribution in [0.5, 0.6) is 0 Å². The summed E-state index contributed by atoms with van der Waals surface area (Å²) in [6.45, 7) is 3.51. The number of hydroxylamine groups is 2. The molecule has 1 atom stereocenters. The van der Waals surface area contributed by atoms with Gasteiger partial charge in [0.15, 0.2) is 0 Å². The van der Waals surface area contributed by atoms with Gasteiger partial charge in [0.1, 0.15) is 0 Å². The molecule has 0 fully saturated rings. The summed E-state index contributed by atoms with van der Waals surface area (Å²) in [4.78, 5) is 0. The molecule has 1 aromatic rings. The zero-order valence-corrected chi connectivity index (χ0v) is 8.96. The molecule has 1 aromatic carbocycles. The van der Waals surface area contributed by atoms with Crippen LogP contribution in [0.3, 0.4) is 0 Å². The second kappa shape index (κ2) is 3.89. The summed E-state index contributed by atoms with van der Waals surface area (Å²) in [5, 5.41) is 11.7. The molecule has 2 nitrogen and oxygen atoms in total. The molecule has 14 heavy (non-hydrogen) atoms. The Labute approximate surface area is 89.1 Å². The summed E-state index contributed by atoms with van der Waals surface area (Å²) in [5.41, 5.74) is 2.58. The maximum absolute atomic E-state index is 9.50. The number of benzene rings is 1. The van der Waals surface area contributed by atoms with Crippen LogP contribution in [-0.4, -0.2) is 23.4 Å². The van der Waals surface area contributed by atoms with Gasteiger partial charge in [-0.05, 0) is 35.6 Å². The van der Waals surface area contributed by atoms with Gasteiger partial charge in [0.2, 0.25) is 0 Å². The van der Waals surface area contributed by atoms with Crippen LogP contribution < -0.4 is 0 Å². The quantitative estimate of drug-likeness (QED) is 0.713. The highest BCUT2D eigenvalue weighted by molar-refractivity contribution is 6.30. The third-order valence-electron chi connectivity index (χ3n) is 2.76. The Morgan fingerprint density at radius 1 is 1.50 bits per heavy atom. The minimum atomic E-state index is 0.344. The minimum absolute atomic E-state index is 0.344. The lowest BCUT2D eigenvalue weighted by atomic mass is 9.96. The highest BCUT2D eigenvalue weighted by Crippen LogP contribution is 2.27. The number of nitrogens with zero attached hydrogens (tertiary/aromatic N) is 1. The lowest BCUT2D eigenvalue weighted by Crippen LogP contribution is -2.23. The van der Waals surface area contributed by atoms with E-state index in [9.17, 15) is 5.21 Å². The molecule has 0 spiro atoms.